The van der Waals surface area contributed by atoms with E-state index in [4.69, 9.17) is 9.73 Å². The second-order valence-electron chi connectivity index (χ2n) is 5.50. The molecule has 0 bridgehead atoms. The zero-order valence-electron chi connectivity index (χ0n) is 13.3. The first-order valence-electron chi connectivity index (χ1n) is 7.67. The van der Waals surface area contributed by atoms with Crippen LogP contribution in [-0.2, 0) is 11.3 Å². The summed E-state index contributed by atoms with van der Waals surface area (Å²) < 4.78 is 5.26. The van der Waals surface area contributed by atoms with E-state index < -0.39 is 0 Å². The number of ether oxygens (including phenoxy) is 1. The quantitative estimate of drug-likeness (QED) is 0.664. The fourth-order valence-corrected chi connectivity index (χ4v) is 2.67. The maximum Gasteiger partial charge on any atom is 0.194 e. The number of aromatic nitrogens is 1. The van der Waals surface area contributed by atoms with Crippen LogP contribution in [0.15, 0.2) is 23.2 Å². The summed E-state index contributed by atoms with van der Waals surface area (Å²) in [5.74, 6) is 1.59. The number of aliphatic imine (C=N–C) groups is 1. The molecule has 1 atom stereocenters. The molecule has 1 unspecified atom stereocenters. The number of aryl methyl sites for hydroxylation is 1. The lowest BCUT2D eigenvalue weighted by Gasteiger charge is -2.21. The minimum Gasteiger partial charge on any atom is -0.384 e. The number of methoxy groups -OCH3 is 1. The highest BCUT2D eigenvalue weighted by atomic mass is 16.5. The average molecular weight is 290 g/mol. The summed E-state index contributed by atoms with van der Waals surface area (Å²) in [6.07, 6.45) is 1.17. The Labute approximate surface area is 127 Å². The normalized spacial score (nSPS) is 19.1. The van der Waals surface area contributed by atoms with E-state index in [1.54, 1.807) is 7.11 Å². The predicted molar refractivity (Wildman–Crippen MR) is 85.3 cm³/mol. The van der Waals surface area contributed by atoms with Gasteiger partial charge in [0.25, 0.3) is 0 Å². The average Bonchev–Trinajstić information content (AvgIpc) is 2.92. The first kappa shape index (κ1) is 15.8. The monoisotopic (exact) mass is 290 g/mol. The Hall–Kier alpha value is -1.62. The number of guanidine groups is 1. The lowest BCUT2D eigenvalue weighted by molar-refractivity contribution is 0.157. The molecule has 21 heavy (non-hydrogen) atoms. The van der Waals surface area contributed by atoms with Gasteiger partial charge in [-0.2, -0.15) is 0 Å². The van der Waals surface area contributed by atoms with Gasteiger partial charge in [-0.1, -0.05) is 6.07 Å². The van der Waals surface area contributed by atoms with Crippen molar-refractivity contribution in [3.05, 3.63) is 29.6 Å². The van der Waals surface area contributed by atoms with Gasteiger partial charge in [-0.15, -0.1) is 0 Å². The van der Waals surface area contributed by atoms with E-state index in [2.05, 4.69) is 22.1 Å². The Balaban J connectivity index is 1.99. The maximum absolute atomic E-state index is 5.26. The Morgan fingerprint density at radius 1 is 1.52 bits per heavy atom. The van der Waals surface area contributed by atoms with Gasteiger partial charge in [0.1, 0.15) is 0 Å². The molecule has 2 rings (SSSR count). The van der Waals surface area contributed by atoms with Crippen LogP contribution in [0.4, 0.5) is 0 Å². The van der Waals surface area contributed by atoms with Gasteiger partial charge >= 0.3 is 0 Å². The number of pyridine rings is 1. The second-order valence-corrected chi connectivity index (χ2v) is 5.50. The molecule has 2 heterocycles. The number of nitrogens with one attached hydrogen (secondary N) is 1. The molecular weight excluding hydrogens is 264 g/mol. The highest BCUT2D eigenvalue weighted by molar-refractivity contribution is 5.80. The molecule has 5 nitrogen and oxygen atoms in total. The molecule has 1 aromatic heterocycles. The molecule has 0 amide bonds. The van der Waals surface area contributed by atoms with Crippen molar-refractivity contribution in [3.63, 3.8) is 0 Å². The van der Waals surface area contributed by atoms with E-state index in [9.17, 15) is 0 Å². The minimum absolute atomic E-state index is 0.607. The molecule has 5 heteroatoms. The molecule has 116 valence electrons. The number of hydrogen-bond acceptors (Lipinski definition) is 3. The zero-order chi connectivity index (χ0) is 15.1. The van der Waals surface area contributed by atoms with Crippen molar-refractivity contribution in [1.82, 2.24) is 15.2 Å². The van der Waals surface area contributed by atoms with Gasteiger partial charge in [-0.3, -0.25) is 4.98 Å². The largest absolute Gasteiger partial charge is 0.384 e. The summed E-state index contributed by atoms with van der Waals surface area (Å²) >= 11 is 0. The molecule has 1 saturated heterocycles. The first-order valence-corrected chi connectivity index (χ1v) is 7.67. The molecule has 1 aromatic rings. The van der Waals surface area contributed by atoms with Crippen molar-refractivity contribution in [2.75, 3.05) is 33.4 Å². The highest BCUT2D eigenvalue weighted by Gasteiger charge is 2.24. The summed E-state index contributed by atoms with van der Waals surface area (Å²) in [5, 5.41) is 3.38. The first-order chi connectivity index (χ1) is 10.2. The summed E-state index contributed by atoms with van der Waals surface area (Å²) in [6.45, 7) is 8.50. The second kappa shape index (κ2) is 7.98. The van der Waals surface area contributed by atoms with Gasteiger partial charge < -0.3 is 15.0 Å². The topological polar surface area (TPSA) is 49.8 Å². The van der Waals surface area contributed by atoms with Crippen molar-refractivity contribution in [2.24, 2.45) is 10.9 Å². The van der Waals surface area contributed by atoms with Crippen molar-refractivity contribution >= 4 is 5.96 Å². The third kappa shape index (κ3) is 4.70. The Morgan fingerprint density at radius 2 is 2.38 bits per heavy atom. The molecule has 1 aliphatic rings. The molecule has 1 N–H and O–H groups in total. The summed E-state index contributed by atoms with van der Waals surface area (Å²) in [5.41, 5.74) is 2.05. The van der Waals surface area contributed by atoms with Gasteiger partial charge in [0.15, 0.2) is 5.96 Å². The SMILES string of the molecule is CCNC(=NCc1cccc(C)n1)N1CCC(COC)C1. The van der Waals surface area contributed by atoms with Gasteiger partial charge in [0, 0.05) is 38.4 Å². The Kier molecular flexibility index (Phi) is 5.99. The Morgan fingerprint density at radius 3 is 3.10 bits per heavy atom. The molecule has 1 fully saturated rings. The van der Waals surface area contributed by atoms with Gasteiger partial charge in [-0.25, -0.2) is 4.99 Å². The molecule has 0 saturated carbocycles. The van der Waals surface area contributed by atoms with Gasteiger partial charge in [0.2, 0.25) is 0 Å². The lowest BCUT2D eigenvalue weighted by Crippen LogP contribution is -2.40. The fraction of sp³-hybridized carbons (Fsp3) is 0.625. The van der Waals surface area contributed by atoms with Crippen molar-refractivity contribution in [3.8, 4) is 0 Å². The van der Waals surface area contributed by atoms with Crippen LogP contribution in [0.25, 0.3) is 0 Å². The van der Waals surface area contributed by atoms with Crippen molar-refractivity contribution in [2.45, 2.75) is 26.8 Å². The molecular formula is C16H26N4O. The predicted octanol–water partition coefficient (Wildman–Crippen LogP) is 1.82. The minimum atomic E-state index is 0.607. The van der Waals surface area contributed by atoms with Crippen LogP contribution in [0.5, 0.6) is 0 Å². The summed E-state index contributed by atoms with van der Waals surface area (Å²) in [4.78, 5) is 11.6. The van der Waals surface area contributed by atoms with Crippen LogP contribution < -0.4 is 5.32 Å². The van der Waals surface area contributed by atoms with Crippen LogP contribution in [-0.4, -0.2) is 49.2 Å². The van der Waals surface area contributed by atoms with Crippen LogP contribution in [0.3, 0.4) is 0 Å². The Bertz CT molecular complexity index is 475. The fourth-order valence-electron chi connectivity index (χ4n) is 2.67. The van der Waals surface area contributed by atoms with Crippen LogP contribution in [0, 0.1) is 12.8 Å². The van der Waals surface area contributed by atoms with Gasteiger partial charge in [0.05, 0.1) is 18.8 Å². The van der Waals surface area contributed by atoms with E-state index in [1.165, 1.54) is 6.42 Å². The molecule has 0 aromatic carbocycles. The third-order valence-corrected chi connectivity index (χ3v) is 3.66. The smallest absolute Gasteiger partial charge is 0.194 e. The van der Waals surface area contributed by atoms with Crippen molar-refractivity contribution < 1.29 is 4.74 Å². The number of hydrogen-bond donors (Lipinski definition) is 1. The summed E-state index contributed by atoms with van der Waals surface area (Å²) in [6, 6.07) is 6.07. The molecule has 0 aliphatic carbocycles. The molecule has 1 aliphatic heterocycles. The van der Waals surface area contributed by atoms with E-state index in [1.807, 2.05) is 25.1 Å². The maximum atomic E-state index is 5.26. The van der Waals surface area contributed by atoms with Gasteiger partial charge in [-0.05, 0) is 32.4 Å². The standard InChI is InChI=1S/C16H26N4O/c1-4-17-16(20-9-8-14(11-20)12-21-3)18-10-15-7-5-6-13(2)19-15/h5-7,14H,4,8-12H2,1-3H3,(H,17,18). The van der Waals surface area contributed by atoms with E-state index in [0.717, 1.165) is 43.6 Å². The number of rotatable bonds is 5. The van der Waals surface area contributed by atoms with Crippen molar-refractivity contribution in [1.29, 1.82) is 0 Å². The van der Waals surface area contributed by atoms with E-state index in [-0.39, 0.29) is 0 Å². The molecule has 0 radical (unpaired) electrons. The van der Waals surface area contributed by atoms with Crippen LogP contribution in [0.1, 0.15) is 24.7 Å². The third-order valence-electron chi connectivity index (χ3n) is 3.66. The van der Waals surface area contributed by atoms with Crippen LogP contribution in [0.2, 0.25) is 0 Å². The van der Waals surface area contributed by atoms with E-state index >= 15 is 0 Å². The highest BCUT2D eigenvalue weighted by Crippen LogP contribution is 2.16. The summed E-state index contributed by atoms with van der Waals surface area (Å²) in [7, 11) is 1.77. The lowest BCUT2D eigenvalue weighted by atomic mass is 10.1. The number of likely N-dealkylation sites (tertiary alicyclic amines) is 1. The zero-order valence-corrected chi connectivity index (χ0v) is 13.3. The van der Waals surface area contributed by atoms with E-state index in [0.29, 0.717) is 12.5 Å². The number of nitrogens with zero attached hydrogens (tertiary/aromatic N) is 3. The molecule has 0 spiro atoms. The van der Waals surface area contributed by atoms with Crippen LogP contribution >= 0.6 is 0 Å².